The highest BCUT2D eigenvalue weighted by Gasteiger charge is 2.37. The summed E-state index contributed by atoms with van der Waals surface area (Å²) < 4.78 is 5.46. The van der Waals surface area contributed by atoms with Crippen LogP contribution < -0.4 is 5.32 Å². The summed E-state index contributed by atoms with van der Waals surface area (Å²) in [4.78, 5) is 35.0. The molecule has 0 bridgehead atoms. The van der Waals surface area contributed by atoms with Gasteiger partial charge in [-0.05, 0) is 47.5 Å². The van der Waals surface area contributed by atoms with Crippen molar-refractivity contribution in [3.8, 4) is 0 Å². The third-order valence-electron chi connectivity index (χ3n) is 4.34. The van der Waals surface area contributed by atoms with Crippen molar-refractivity contribution < 1.29 is 14.3 Å². The van der Waals surface area contributed by atoms with E-state index in [9.17, 15) is 9.59 Å². The van der Waals surface area contributed by atoms with Crippen molar-refractivity contribution in [2.24, 2.45) is 5.92 Å². The van der Waals surface area contributed by atoms with E-state index in [2.05, 4.69) is 15.3 Å². The molecule has 1 saturated heterocycles. The summed E-state index contributed by atoms with van der Waals surface area (Å²) >= 11 is 0. The van der Waals surface area contributed by atoms with Crippen molar-refractivity contribution >= 4 is 12.0 Å². The van der Waals surface area contributed by atoms with Gasteiger partial charge in [-0.25, -0.2) is 4.79 Å². The lowest BCUT2D eigenvalue weighted by molar-refractivity contribution is -0.129. The van der Waals surface area contributed by atoms with Gasteiger partial charge in [-0.2, -0.15) is 0 Å². The van der Waals surface area contributed by atoms with Crippen LogP contribution in [0.15, 0.2) is 18.6 Å². The van der Waals surface area contributed by atoms with E-state index in [1.54, 1.807) is 23.5 Å². The van der Waals surface area contributed by atoms with E-state index in [0.29, 0.717) is 12.2 Å². The molecule has 0 unspecified atom stereocenters. The van der Waals surface area contributed by atoms with Gasteiger partial charge in [0, 0.05) is 25.0 Å². The van der Waals surface area contributed by atoms with Crippen LogP contribution in [0.3, 0.4) is 0 Å². The second-order valence-corrected chi connectivity index (χ2v) is 7.52. The van der Waals surface area contributed by atoms with Crippen molar-refractivity contribution in [2.75, 3.05) is 6.54 Å². The zero-order chi connectivity index (χ0) is 18.6. The van der Waals surface area contributed by atoms with E-state index < -0.39 is 5.60 Å². The molecule has 0 aliphatic carbocycles. The standard InChI is InChI=1S/C18H28N4O3/c1-12(15-11-19-8-9-20-15)21-16(23)14-7-6-10-22(13(14)2)17(24)25-18(3,4)5/h8-9,11-14H,6-7,10H2,1-5H3,(H,21,23)/t12-,13+,14+/m0/s1. The Bertz CT molecular complexity index is 600. The lowest BCUT2D eigenvalue weighted by Gasteiger charge is -2.39. The molecule has 1 N–H and O–H groups in total. The second-order valence-electron chi connectivity index (χ2n) is 7.52. The SMILES string of the molecule is C[C@H](NC(=O)[C@@H]1CCCN(C(=O)OC(C)(C)C)[C@@H]1C)c1cnccn1. The molecule has 3 atom stereocenters. The molecule has 1 aromatic heterocycles. The minimum absolute atomic E-state index is 0.0705. The molecule has 0 saturated carbocycles. The highest BCUT2D eigenvalue weighted by atomic mass is 16.6. The van der Waals surface area contributed by atoms with Crippen molar-refractivity contribution in [2.45, 2.75) is 65.1 Å². The van der Waals surface area contributed by atoms with Gasteiger partial charge in [-0.15, -0.1) is 0 Å². The summed E-state index contributed by atoms with van der Waals surface area (Å²) in [5.41, 5.74) is 0.162. The summed E-state index contributed by atoms with van der Waals surface area (Å²) in [5, 5.41) is 2.98. The molecule has 1 fully saturated rings. The van der Waals surface area contributed by atoms with Crippen LogP contribution in [-0.2, 0) is 9.53 Å². The lowest BCUT2D eigenvalue weighted by atomic mass is 9.89. The molecule has 0 radical (unpaired) electrons. The molecular weight excluding hydrogens is 320 g/mol. The zero-order valence-corrected chi connectivity index (χ0v) is 15.7. The van der Waals surface area contributed by atoms with Crippen LogP contribution in [-0.4, -0.2) is 45.1 Å². The maximum absolute atomic E-state index is 12.7. The molecule has 7 heteroatoms. The number of nitrogens with one attached hydrogen (secondary N) is 1. The van der Waals surface area contributed by atoms with Crippen LogP contribution in [0.2, 0.25) is 0 Å². The molecule has 25 heavy (non-hydrogen) atoms. The van der Waals surface area contributed by atoms with E-state index in [-0.39, 0.29) is 30.0 Å². The number of rotatable bonds is 3. The van der Waals surface area contributed by atoms with Gasteiger partial charge in [-0.1, -0.05) is 0 Å². The molecule has 138 valence electrons. The van der Waals surface area contributed by atoms with E-state index in [1.165, 1.54) is 0 Å². The zero-order valence-electron chi connectivity index (χ0n) is 15.7. The highest BCUT2D eigenvalue weighted by Crippen LogP contribution is 2.26. The number of ether oxygens (including phenoxy) is 1. The largest absolute Gasteiger partial charge is 0.444 e. The molecule has 1 aliphatic rings. The molecule has 2 heterocycles. The Morgan fingerprint density at radius 1 is 1.36 bits per heavy atom. The van der Waals surface area contributed by atoms with Crippen molar-refractivity contribution in [1.82, 2.24) is 20.2 Å². The molecule has 0 aromatic carbocycles. The second kappa shape index (κ2) is 7.80. The van der Waals surface area contributed by atoms with Gasteiger partial charge in [0.05, 0.1) is 23.9 Å². The van der Waals surface area contributed by atoms with Gasteiger partial charge in [0.2, 0.25) is 5.91 Å². The van der Waals surface area contributed by atoms with Gasteiger partial charge in [0.15, 0.2) is 0 Å². The van der Waals surface area contributed by atoms with Crippen LogP contribution in [0.5, 0.6) is 0 Å². The molecule has 1 aromatic rings. The number of nitrogens with zero attached hydrogens (tertiary/aromatic N) is 3. The van der Waals surface area contributed by atoms with Crippen molar-refractivity contribution in [3.63, 3.8) is 0 Å². The first-order valence-electron chi connectivity index (χ1n) is 8.75. The average molecular weight is 348 g/mol. The van der Waals surface area contributed by atoms with Gasteiger partial charge in [0.1, 0.15) is 5.60 Å². The van der Waals surface area contributed by atoms with Gasteiger partial charge in [0.25, 0.3) is 0 Å². The molecule has 1 aliphatic heterocycles. The summed E-state index contributed by atoms with van der Waals surface area (Å²) in [6, 6.07) is -0.442. The number of carbonyl (C=O) groups excluding carboxylic acids is 2. The monoisotopic (exact) mass is 348 g/mol. The number of piperidine rings is 1. The highest BCUT2D eigenvalue weighted by molar-refractivity contribution is 5.81. The summed E-state index contributed by atoms with van der Waals surface area (Å²) in [6.45, 7) is 9.91. The predicted octanol–water partition coefficient (Wildman–Crippen LogP) is 2.69. The Labute approximate surface area is 149 Å². The molecule has 0 spiro atoms. The minimum atomic E-state index is -0.549. The van der Waals surface area contributed by atoms with Crippen molar-refractivity contribution in [3.05, 3.63) is 24.3 Å². The third kappa shape index (κ3) is 5.14. The molecular formula is C18H28N4O3. The number of hydrogen-bond donors (Lipinski definition) is 1. The molecule has 2 rings (SSSR count). The fourth-order valence-electron chi connectivity index (χ4n) is 3.00. The fourth-order valence-corrected chi connectivity index (χ4v) is 3.00. The van der Waals surface area contributed by atoms with Crippen LogP contribution in [0.1, 0.15) is 59.2 Å². The average Bonchev–Trinajstić information content (AvgIpc) is 2.54. The number of likely N-dealkylation sites (tertiary alicyclic amines) is 1. The predicted molar refractivity (Wildman–Crippen MR) is 93.7 cm³/mol. The van der Waals surface area contributed by atoms with Gasteiger partial charge in [-0.3, -0.25) is 14.8 Å². The van der Waals surface area contributed by atoms with Crippen LogP contribution in [0, 0.1) is 5.92 Å². The molecule has 2 amide bonds. The summed E-state index contributed by atoms with van der Waals surface area (Å²) in [6.07, 6.45) is 6.01. The first-order chi connectivity index (χ1) is 11.7. The van der Waals surface area contributed by atoms with Crippen molar-refractivity contribution in [1.29, 1.82) is 0 Å². The first-order valence-corrected chi connectivity index (χ1v) is 8.75. The summed E-state index contributed by atoms with van der Waals surface area (Å²) in [5.74, 6) is -0.334. The van der Waals surface area contributed by atoms with E-state index in [1.807, 2.05) is 34.6 Å². The molecule has 7 nitrogen and oxygen atoms in total. The third-order valence-corrected chi connectivity index (χ3v) is 4.34. The Balaban J connectivity index is 2.01. The fraction of sp³-hybridized carbons (Fsp3) is 0.667. The van der Waals surface area contributed by atoms with E-state index in [4.69, 9.17) is 4.74 Å². The number of carbonyl (C=O) groups is 2. The maximum Gasteiger partial charge on any atom is 0.410 e. The Morgan fingerprint density at radius 2 is 2.08 bits per heavy atom. The maximum atomic E-state index is 12.7. The Kier molecular flexibility index (Phi) is 5.98. The number of amides is 2. The van der Waals surface area contributed by atoms with Gasteiger partial charge >= 0.3 is 6.09 Å². The smallest absolute Gasteiger partial charge is 0.410 e. The normalized spacial score (nSPS) is 22.2. The van der Waals surface area contributed by atoms with E-state index in [0.717, 1.165) is 12.8 Å². The quantitative estimate of drug-likeness (QED) is 0.908. The first kappa shape index (κ1) is 19.1. The topological polar surface area (TPSA) is 84.4 Å². The summed E-state index contributed by atoms with van der Waals surface area (Å²) in [7, 11) is 0. The number of aromatic nitrogens is 2. The van der Waals surface area contributed by atoms with Gasteiger partial charge < -0.3 is 15.0 Å². The Hall–Kier alpha value is -2.18. The van der Waals surface area contributed by atoms with Crippen LogP contribution in [0.25, 0.3) is 0 Å². The minimum Gasteiger partial charge on any atom is -0.444 e. The van der Waals surface area contributed by atoms with Crippen LogP contribution >= 0.6 is 0 Å². The van der Waals surface area contributed by atoms with Crippen LogP contribution in [0.4, 0.5) is 4.79 Å². The number of hydrogen-bond acceptors (Lipinski definition) is 5. The Morgan fingerprint density at radius 3 is 2.68 bits per heavy atom. The van der Waals surface area contributed by atoms with E-state index >= 15 is 0 Å². The lowest BCUT2D eigenvalue weighted by Crippen LogP contribution is -2.52.